The molecule has 1 rings (SSSR count). The fraction of sp³-hybridized carbons (Fsp3) is 0.538. The van der Waals surface area contributed by atoms with Gasteiger partial charge < -0.3 is 11.1 Å². The van der Waals surface area contributed by atoms with Gasteiger partial charge in [0.25, 0.3) is 0 Å². The lowest BCUT2D eigenvalue weighted by Gasteiger charge is -2.27. The van der Waals surface area contributed by atoms with Crippen molar-refractivity contribution in [1.29, 1.82) is 0 Å². The highest BCUT2D eigenvalue weighted by atomic mass is 16.2. The van der Waals surface area contributed by atoms with Crippen LogP contribution in [0.15, 0.2) is 24.4 Å². The number of carbonyl (C=O) groups excluding carboxylic acids is 1. The minimum Gasteiger partial charge on any atom is -0.347 e. The molecule has 1 amide bonds. The van der Waals surface area contributed by atoms with Gasteiger partial charge in [0.05, 0.1) is 17.8 Å². The zero-order valence-electron chi connectivity index (χ0n) is 10.9. The molecule has 1 aromatic rings. The summed E-state index contributed by atoms with van der Waals surface area (Å²) in [5, 5.41) is 2.88. The Bertz CT molecular complexity index is 370. The van der Waals surface area contributed by atoms with Crippen molar-refractivity contribution in [2.45, 2.75) is 39.8 Å². The lowest BCUT2D eigenvalue weighted by atomic mass is 9.87. The van der Waals surface area contributed by atoms with Crippen LogP contribution >= 0.6 is 0 Å². The number of hydrogen-bond acceptors (Lipinski definition) is 3. The summed E-state index contributed by atoms with van der Waals surface area (Å²) in [6.45, 7) is 7.74. The van der Waals surface area contributed by atoms with E-state index in [4.69, 9.17) is 5.73 Å². The van der Waals surface area contributed by atoms with E-state index >= 15 is 0 Å². The Morgan fingerprint density at radius 1 is 1.41 bits per heavy atom. The van der Waals surface area contributed by atoms with Gasteiger partial charge in [-0.15, -0.1) is 0 Å². The molecule has 0 saturated heterocycles. The molecular weight excluding hydrogens is 214 g/mol. The van der Waals surface area contributed by atoms with Crippen LogP contribution in [0, 0.1) is 5.41 Å². The van der Waals surface area contributed by atoms with E-state index in [0.717, 1.165) is 5.69 Å². The van der Waals surface area contributed by atoms with Crippen molar-refractivity contribution in [2.75, 3.05) is 0 Å². The van der Waals surface area contributed by atoms with E-state index in [9.17, 15) is 4.79 Å². The molecule has 0 aliphatic heterocycles. The van der Waals surface area contributed by atoms with Crippen molar-refractivity contribution in [3.63, 3.8) is 0 Å². The number of pyridine rings is 1. The number of nitrogens with one attached hydrogen (secondary N) is 1. The van der Waals surface area contributed by atoms with Crippen LogP contribution in [0.25, 0.3) is 0 Å². The average molecular weight is 235 g/mol. The first-order valence-corrected chi connectivity index (χ1v) is 5.79. The van der Waals surface area contributed by atoms with Gasteiger partial charge in [0.1, 0.15) is 0 Å². The number of hydrogen-bond donors (Lipinski definition) is 2. The predicted molar refractivity (Wildman–Crippen MR) is 68.2 cm³/mol. The largest absolute Gasteiger partial charge is 0.347 e. The van der Waals surface area contributed by atoms with E-state index in [-0.39, 0.29) is 17.4 Å². The van der Waals surface area contributed by atoms with Gasteiger partial charge in [0, 0.05) is 6.20 Å². The summed E-state index contributed by atoms with van der Waals surface area (Å²) in [5.74, 6) is -0.143. The van der Waals surface area contributed by atoms with Gasteiger partial charge in [0.2, 0.25) is 5.91 Å². The molecule has 94 valence electrons. The molecule has 0 radical (unpaired) electrons. The zero-order valence-corrected chi connectivity index (χ0v) is 10.9. The third-order valence-electron chi connectivity index (χ3n) is 2.71. The fourth-order valence-electron chi connectivity index (χ4n) is 1.40. The molecule has 3 N–H and O–H groups in total. The van der Waals surface area contributed by atoms with Crippen LogP contribution in [0.5, 0.6) is 0 Å². The summed E-state index contributed by atoms with van der Waals surface area (Å²) < 4.78 is 0. The van der Waals surface area contributed by atoms with Gasteiger partial charge in [-0.2, -0.15) is 0 Å². The second-order valence-electron chi connectivity index (χ2n) is 5.33. The predicted octanol–water partition coefficient (Wildman–Crippen LogP) is 1.63. The smallest absolute Gasteiger partial charge is 0.237 e. The number of carbonyl (C=O) groups is 1. The molecule has 2 atom stereocenters. The quantitative estimate of drug-likeness (QED) is 0.836. The first-order valence-electron chi connectivity index (χ1n) is 5.79. The first-order chi connectivity index (χ1) is 7.82. The molecule has 4 nitrogen and oxygen atoms in total. The van der Waals surface area contributed by atoms with E-state index in [0.29, 0.717) is 0 Å². The lowest BCUT2D eigenvalue weighted by molar-refractivity contribution is -0.125. The number of nitrogens with two attached hydrogens (primary N) is 1. The third kappa shape index (κ3) is 3.82. The molecule has 0 aliphatic rings. The molecule has 1 aromatic heterocycles. The van der Waals surface area contributed by atoms with E-state index in [1.54, 1.807) is 6.20 Å². The van der Waals surface area contributed by atoms with Crippen molar-refractivity contribution < 1.29 is 4.79 Å². The van der Waals surface area contributed by atoms with Crippen molar-refractivity contribution in [2.24, 2.45) is 11.1 Å². The van der Waals surface area contributed by atoms with Crippen LogP contribution in [0.2, 0.25) is 0 Å². The normalized spacial score (nSPS) is 15.1. The molecule has 2 unspecified atom stereocenters. The molecule has 0 aliphatic carbocycles. The van der Waals surface area contributed by atoms with Crippen LogP contribution in [0.4, 0.5) is 0 Å². The van der Waals surface area contributed by atoms with Crippen LogP contribution in [-0.2, 0) is 4.79 Å². The molecule has 4 heteroatoms. The molecule has 0 fully saturated rings. The summed E-state index contributed by atoms with van der Waals surface area (Å²) in [6, 6.07) is 4.98. The molecule has 0 bridgehead atoms. The lowest BCUT2D eigenvalue weighted by Crippen LogP contribution is -2.49. The molecule has 1 heterocycles. The van der Waals surface area contributed by atoms with Gasteiger partial charge in [-0.25, -0.2) is 0 Å². The highest BCUT2D eigenvalue weighted by Gasteiger charge is 2.28. The Kier molecular flexibility index (Phi) is 4.23. The maximum Gasteiger partial charge on any atom is 0.237 e. The van der Waals surface area contributed by atoms with Crippen molar-refractivity contribution >= 4 is 5.91 Å². The Labute approximate surface area is 103 Å². The topological polar surface area (TPSA) is 68.0 Å². The summed E-state index contributed by atoms with van der Waals surface area (Å²) in [7, 11) is 0. The van der Waals surface area contributed by atoms with Crippen molar-refractivity contribution in [1.82, 2.24) is 10.3 Å². The van der Waals surface area contributed by atoms with Gasteiger partial charge in [-0.3, -0.25) is 9.78 Å². The SMILES string of the molecule is CC(NC(=O)C(N)C(C)(C)C)c1ccccn1. The zero-order chi connectivity index (χ0) is 13.1. The number of amides is 1. The Morgan fingerprint density at radius 3 is 2.53 bits per heavy atom. The van der Waals surface area contributed by atoms with Crippen LogP contribution < -0.4 is 11.1 Å². The Morgan fingerprint density at radius 2 is 2.06 bits per heavy atom. The second kappa shape index (κ2) is 5.27. The van der Waals surface area contributed by atoms with Crippen molar-refractivity contribution in [3.05, 3.63) is 30.1 Å². The molecule has 0 aromatic carbocycles. The molecule has 0 spiro atoms. The molecule has 17 heavy (non-hydrogen) atoms. The molecule has 0 saturated carbocycles. The summed E-state index contributed by atoms with van der Waals surface area (Å²) >= 11 is 0. The van der Waals surface area contributed by atoms with Crippen LogP contribution in [0.3, 0.4) is 0 Å². The maximum atomic E-state index is 11.9. The minimum absolute atomic E-state index is 0.128. The third-order valence-corrected chi connectivity index (χ3v) is 2.71. The second-order valence-corrected chi connectivity index (χ2v) is 5.33. The van der Waals surface area contributed by atoms with Gasteiger partial charge >= 0.3 is 0 Å². The molecular formula is C13H21N3O. The number of rotatable bonds is 3. The minimum atomic E-state index is -0.520. The highest BCUT2D eigenvalue weighted by Crippen LogP contribution is 2.18. The van der Waals surface area contributed by atoms with E-state index in [1.165, 1.54) is 0 Å². The Hall–Kier alpha value is -1.42. The van der Waals surface area contributed by atoms with Crippen LogP contribution in [0.1, 0.15) is 39.4 Å². The van der Waals surface area contributed by atoms with E-state index in [2.05, 4.69) is 10.3 Å². The summed E-state index contributed by atoms with van der Waals surface area (Å²) in [5.41, 5.74) is 6.48. The highest BCUT2D eigenvalue weighted by molar-refractivity contribution is 5.82. The monoisotopic (exact) mass is 235 g/mol. The average Bonchev–Trinajstić information content (AvgIpc) is 2.27. The van der Waals surface area contributed by atoms with Gasteiger partial charge in [0.15, 0.2) is 0 Å². The number of nitrogens with zero attached hydrogens (tertiary/aromatic N) is 1. The first kappa shape index (κ1) is 13.6. The van der Waals surface area contributed by atoms with Gasteiger partial charge in [-0.1, -0.05) is 26.8 Å². The van der Waals surface area contributed by atoms with Crippen molar-refractivity contribution in [3.8, 4) is 0 Å². The Balaban J connectivity index is 2.64. The summed E-state index contributed by atoms with van der Waals surface area (Å²) in [6.07, 6.45) is 1.71. The van der Waals surface area contributed by atoms with Crippen LogP contribution in [-0.4, -0.2) is 16.9 Å². The summed E-state index contributed by atoms with van der Waals surface area (Å²) in [4.78, 5) is 16.1. The van der Waals surface area contributed by atoms with E-state index in [1.807, 2.05) is 45.9 Å². The fourth-order valence-corrected chi connectivity index (χ4v) is 1.40. The van der Waals surface area contributed by atoms with E-state index < -0.39 is 6.04 Å². The maximum absolute atomic E-state index is 11.9. The standard InChI is InChI=1S/C13H21N3O/c1-9(10-7-5-6-8-15-10)16-12(17)11(14)13(2,3)4/h5-9,11H,14H2,1-4H3,(H,16,17). The number of aromatic nitrogens is 1. The van der Waals surface area contributed by atoms with Gasteiger partial charge in [-0.05, 0) is 24.5 Å².